The Bertz CT molecular complexity index is 593. The molecule has 0 atom stereocenters. The van der Waals surface area contributed by atoms with Gasteiger partial charge in [0.05, 0.1) is 11.0 Å². The molecule has 2 N–H and O–H groups in total. The van der Waals surface area contributed by atoms with Gasteiger partial charge < -0.3 is 9.97 Å². The number of aromatic nitrogens is 2. The number of nitrogens with one attached hydrogen (secondary N) is 2. The molecule has 2 aromatic rings. The summed E-state index contributed by atoms with van der Waals surface area (Å²) in [6.07, 6.45) is 1.44. The van der Waals surface area contributed by atoms with Crippen molar-refractivity contribution in [3.63, 3.8) is 0 Å². The highest BCUT2D eigenvalue weighted by molar-refractivity contribution is 5.98. The molecule has 0 saturated carbocycles. The summed E-state index contributed by atoms with van der Waals surface area (Å²) in [6.45, 7) is 4.19. The van der Waals surface area contributed by atoms with Crippen LogP contribution in [-0.2, 0) is 0 Å². The van der Waals surface area contributed by atoms with Crippen LogP contribution in [0.5, 0.6) is 0 Å². The Morgan fingerprint density at radius 2 is 1.94 bits per heavy atom. The van der Waals surface area contributed by atoms with E-state index >= 15 is 0 Å². The highest BCUT2D eigenvalue weighted by Gasteiger charge is 2.08. The number of benzene rings is 1. The molecular formula is C13H16N2O2. The average molecular weight is 232 g/mol. The van der Waals surface area contributed by atoms with Crippen LogP contribution in [0.3, 0.4) is 0 Å². The minimum Gasteiger partial charge on any atom is -0.306 e. The van der Waals surface area contributed by atoms with Crippen molar-refractivity contribution in [1.82, 2.24) is 9.97 Å². The highest BCUT2D eigenvalue weighted by Crippen LogP contribution is 2.14. The van der Waals surface area contributed by atoms with Gasteiger partial charge in [-0.2, -0.15) is 0 Å². The van der Waals surface area contributed by atoms with E-state index in [9.17, 15) is 9.59 Å². The van der Waals surface area contributed by atoms with Gasteiger partial charge in [0, 0.05) is 12.0 Å². The van der Waals surface area contributed by atoms with Crippen LogP contribution in [-0.4, -0.2) is 15.8 Å². The first-order valence-corrected chi connectivity index (χ1v) is 5.81. The quantitative estimate of drug-likeness (QED) is 0.795. The minimum absolute atomic E-state index is 0.127. The van der Waals surface area contributed by atoms with Crippen molar-refractivity contribution >= 4 is 16.8 Å². The molecule has 0 bridgehead atoms. The summed E-state index contributed by atoms with van der Waals surface area (Å²) in [7, 11) is 0. The second-order valence-electron chi connectivity index (χ2n) is 4.70. The van der Waals surface area contributed by atoms with E-state index in [0.29, 0.717) is 23.4 Å². The summed E-state index contributed by atoms with van der Waals surface area (Å²) in [5.74, 6) is 0.650. The van der Waals surface area contributed by atoms with Gasteiger partial charge in [-0.3, -0.25) is 4.79 Å². The number of hydrogen-bond donors (Lipinski definition) is 2. The van der Waals surface area contributed by atoms with Crippen LogP contribution in [0.4, 0.5) is 0 Å². The third kappa shape index (κ3) is 2.64. The normalized spacial score (nSPS) is 11.2. The van der Waals surface area contributed by atoms with E-state index in [-0.39, 0.29) is 11.5 Å². The van der Waals surface area contributed by atoms with Crippen LogP contribution in [0.25, 0.3) is 11.0 Å². The zero-order valence-electron chi connectivity index (χ0n) is 10.0. The molecule has 0 aliphatic carbocycles. The molecule has 0 aliphatic rings. The second kappa shape index (κ2) is 4.57. The lowest BCUT2D eigenvalue weighted by Crippen LogP contribution is -2.01. The van der Waals surface area contributed by atoms with Gasteiger partial charge in [-0.25, -0.2) is 4.79 Å². The first-order valence-electron chi connectivity index (χ1n) is 5.81. The molecule has 1 heterocycles. The van der Waals surface area contributed by atoms with Crippen molar-refractivity contribution in [2.45, 2.75) is 26.7 Å². The maximum absolute atomic E-state index is 11.9. The first kappa shape index (κ1) is 11.6. The molecule has 2 rings (SSSR count). The summed E-state index contributed by atoms with van der Waals surface area (Å²) >= 11 is 0. The Hall–Kier alpha value is -1.84. The number of Topliss-reactive ketones (excluding diaryl/α,β-unsaturated/α-hetero) is 1. The van der Waals surface area contributed by atoms with Crippen molar-refractivity contribution in [2.24, 2.45) is 5.92 Å². The Morgan fingerprint density at radius 3 is 2.65 bits per heavy atom. The monoisotopic (exact) mass is 232 g/mol. The van der Waals surface area contributed by atoms with Gasteiger partial charge in [-0.15, -0.1) is 0 Å². The van der Waals surface area contributed by atoms with Crippen molar-refractivity contribution < 1.29 is 4.79 Å². The van der Waals surface area contributed by atoms with E-state index < -0.39 is 0 Å². The number of carbonyl (C=O) groups excluding carboxylic acids is 1. The van der Waals surface area contributed by atoms with Gasteiger partial charge >= 0.3 is 5.69 Å². The summed E-state index contributed by atoms with van der Waals surface area (Å²) in [5, 5.41) is 0. The van der Waals surface area contributed by atoms with E-state index in [4.69, 9.17) is 0 Å². The smallest absolute Gasteiger partial charge is 0.306 e. The van der Waals surface area contributed by atoms with Crippen LogP contribution < -0.4 is 5.69 Å². The van der Waals surface area contributed by atoms with Crippen molar-refractivity contribution in [2.75, 3.05) is 0 Å². The van der Waals surface area contributed by atoms with Gasteiger partial charge in [-0.1, -0.05) is 13.8 Å². The highest BCUT2D eigenvalue weighted by atomic mass is 16.1. The molecule has 0 radical (unpaired) electrons. The van der Waals surface area contributed by atoms with E-state index in [1.165, 1.54) is 0 Å². The third-order valence-corrected chi connectivity index (χ3v) is 2.79. The topological polar surface area (TPSA) is 65.7 Å². The van der Waals surface area contributed by atoms with E-state index in [2.05, 4.69) is 23.8 Å². The summed E-state index contributed by atoms with van der Waals surface area (Å²) in [4.78, 5) is 28.3. The standard InChI is InChI=1S/C13H16N2O2/c1-8(2)3-6-12(16)9-4-5-10-11(7-9)15-13(17)14-10/h4-5,7-8H,3,6H2,1-2H3,(H2,14,15,17). The number of fused-ring (bicyclic) bond motifs is 1. The molecule has 90 valence electrons. The number of hydrogen-bond acceptors (Lipinski definition) is 2. The SMILES string of the molecule is CC(C)CCC(=O)c1ccc2[nH]c(=O)[nH]c2c1. The Kier molecular flexibility index (Phi) is 3.13. The lowest BCUT2D eigenvalue weighted by molar-refractivity contribution is 0.0975. The molecule has 0 unspecified atom stereocenters. The van der Waals surface area contributed by atoms with Gasteiger partial charge in [0.25, 0.3) is 0 Å². The zero-order valence-corrected chi connectivity index (χ0v) is 10.0. The Balaban J connectivity index is 2.23. The molecule has 1 aromatic heterocycles. The van der Waals surface area contributed by atoms with E-state index in [1.54, 1.807) is 18.2 Å². The number of H-pyrrole nitrogens is 2. The van der Waals surface area contributed by atoms with Crippen molar-refractivity contribution in [1.29, 1.82) is 0 Å². The summed E-state index contributed by atoms with van der Waals surface area (Å²) in [5.41, 5.74) is 1.83. The first-order chi connectivity index (χ1) is 8.06. The van der Waals surface area contributed by atoms with Gasteiger partial charge in [0.2, 0.25) is 0 Å². The van der Waals surface area contributed by atoms with Crippen LogP contribution in [0.1, 0.15) is 37.0 Å². The molecule has 0 aliphatic heterocycles. The third-order valence-electron chi connectivity index (χ3n) is 2.79. The second-order valence-corrected chi connectivity index (χ2v) is 4.70. The fourth-order valence-electron chi connectivity index (χ4n) is 1.77. The molecular weight excluding hydrogens is 216 g/mol. The van der Waals surface area contributed by atoms with Gasteiger partial charge in [-0.05, 0) is 30.5 Å². The Morgan fingerprint density at radius 1 is 1.24 bits per heavy atom. The van der Waals surface area contributed by atoms with Crippen molar-refractivity contribution in [3.8, 4) is 0 Å². The molecule has 0 fully saturated rings. The lowest BCUT2D eigenvalue weighted by atomic mass is 10.0. The lowest BCUT2D eigenvalue weighted by Gasteiger charge is -2.03. The number of carbonyl (C=O) groups is 1. The number of rotatable bonds is 4. The van der Waals surface area contributed by atoms with E-state index in [1.807, 2.05) is 0 Å². The number of ketones is 1. The minimum atomic E-state index is -0.244. The average Bonchev–Trinajstić information content (AvgIpc) is 2.64. The Labute approximate surface area is 99.1 Å². The maximum atomic E-state index is 11.9. The molecule has 0 saturated heterocycles. The largest absolute Gasteiger partial charge is 0.323 e. The van der Waals surface area contributed by atoms with Crippen LogP contribution in [0.2, 0.25) is 0 Å². The molecule has 17 heavy (non-hydrogen) atoms. The molecule has 1 aromatic carbocycles. The van der Waals surface area contributed by atoms with Crippen LogP contribution in [0, 0.1) is 5.92 Å². The molecule has 4 heteroatoms. The predicted octanol–water partition coefficient (Wildman–Crippen LogP) is 2.48. The fraction of sp³-hybridized carbons (Fsp3) is 0.385. The fourth-order valence-corrected chi connectivity index (χ4v) is 1.77. The summed E-state index contributed by atoms with van der Waals surface area (Å²) < 4.78 is 0. The van der Waals surface area contributed by atoms with E-state index in [0.717, 1.165) is 11.9 Å². The zero-order chi connectivity index (χ0) is 12.4. The molecule has 4 nitrogen and oxygen atoms in total. The summed E-state index contributed by atoms with van der Waals surface area (Å²) in [6, 6.07) is 5.25. The van der Waals surface area contributed by atoms with Crippen LogP contribution in [0.15, 0.2) is 23.0 Å². The predicted molar refractivity (Wildman–Crippen MR) is 67.3 cm³/mol. The maximum Gasteiger partial charge on any atom is 0.323 e. The molecule has 0 amide bonds. The van der Waals surface area contributed by atoms with Gasteiger partial charge in [0.1, 0.15) is 0 Å². The van der Waals surface area contributed by atoms with Crippen LogP contribution >= 0.6 is 0 Å². The number of imidazole rings is 1. The van der Waals surface area contributed by atoms with Gasteiger partial charge in [0.15, 0.2) is 5.78 Å². The van der Waals surface area contributed by atoms with Crippen molar-refractivity contribution in [3.05, 3.63) is 34.2 Å². The number of aromatic amines is 2. The molecule has 0 spiro atoms.